The van der Waals surface area contributed by atoms with Gasteiger partial charge in [-0.05, 0) is 37.1 Å². The molecule has 7 heteroatoms. The fourth-order valence-corrected chi connectivity index (χ4v) is 4.05. The highest BCUT2D eigenvalue weighted by molar-refractivity contribution is 6.22. The van der Waals surface area contributed by atoms with Crippen molar-refractivity contribution in [2.75, 3.05) is 6.54 Å². The van der Waals surface area contributed by atoms with Gasteiger partial charge in [0.2, 0.25) is 5.91 Å². The average molecular weight is 404 g/mol. The number of aromatic nitrogens is 2. The first-order valence-electron chi connectivity index (χ1n) is 10.1. The molecule has 30 heavy (non-hydrogen) atoms. The molecule has 0 fully saturated rings. The van der Waals surface area contributed by atoms with E-state index in [9.17, 15) is 14.4 Å². The fraction of sp³-hybridized carbons (Fsp3) is 0.304. The van der Waals surface area contributed by atoms with E-state index in [-0.39, 0.29) is 11.8 Å². The van der Waals surface area contributed by atoms with Gasteiger partial charge in [0.1, 0.15) is 11.9 Å². The molecule has 2 heterocycles. The lowest BCUT2D eigenvalue weighted by Crippen LogP contribution is -2.52. The van der Waals surface area contributed by atoms with Crippen LogP contribution in [0.4, 0.5) is 0 Å². The number of nitrogens with one attached hydrogen (secondary N) is 1. The molecule has 154 valence electrons. The molecule has 0 saturated carbocycles. The monoisotopic (exact) mass is 404 g/mol. The molecule has 1 aliphatic rings. The van der Waals surface area contributed by atoms with Gasteiger partial charge in [-0.15, -0.1) is 0 Å². The van der Waals surface area contributed by atoms with Gasteiger partial charge in [-0.2, -0.15) is 0 Å². The van der Waals surface area contributed by atoms with Crippen molar-refractivity contribution in [3.05, 3.63) is 65.5 Å². The van der Waals surface area contributed by atoms with Crippen molar-refractivity contribution in [2.24, 2.45) is 5.92 Å². The number of carbonyl (C=O) groups excluding carboxylic acids is 3. The predicted octanol–water partition coefficient (Wildman–Crippen LogP) is 2.78. The van der Waals surface area contributed by atoms with Crippen molar-refractivity contribution in [2.45, 2.75) is 33.4 Å². The number of para-hydroxylation sites is 2. The summed E-state index contributed by atoms with van der Waals surface area (Å²) in [5.74, 6) is -0.516. The molecule has 2 aromatic carbocycles. The number of carbonyl (C=O) groups is 3. The normalized spacial score (nSPS) is 14.5. The molecule has 1 aliphatic heterocycles. The topological polar surface area (TPSA) is 84.3 Å². The second-order valence-electron chi connectivity index (χ2n) is 7.81. The van der Waals surface area contributed by atoms with E-state index >= 15 is 0 Å². The second-order valence-corrected chi connectivity index (χ2v) is 7.81. The molecule has 0 aliphatic carbocycles. The Bertz CT molecular complexity index is 1110. The zero-order valence-electron chi connectivity index (χ0n) is 17.3. The van der Waals surface area contributed by atoms with Crippen molar-refractivity contribution in [1.29, 1.82) is 0 Å². The van der Waals surface area contributed by atoms with E-state index in [1.165, 1.54) is 0 Å². The van der Waals surface area contributed by atoms with Gasteiger partial charge in [-0.25, -0.2) is 4.98 Å². The Balaban J connectivity index is 1.49. The van der Waals surface area contributed by atoms with E-state index in [1.54, 1.807) is 24.3 Å². The predicted molar refractivity (Wildman–Crippen MR) is 113 cm³/mol. The molecule has 0 spiro atoms. The molecular weight excluding hydrogens is 380 g/mol. The van der Waals surface area contributed by atoms with Gasteiger partial charge in [-0.3, -0.25) is 19.3 Å². The molecule has 0 bridgehead atoms. The third-order valence-electron chi connectivity index (χ3n) is 5.48. The highest BCUT2D eigenvalue weighted by atomic mass is 16.2. The van der Waals surface area contributed by atoms with E-state index in [0.717, 1.165) is 21.8 Å². The van der Waals surface area contributed by atoms with Gasteiger partial charge >= 0.3 is 0 Å². The van der Waals surface area contributed by atoms with Gasteiger partial charge in [-0.1, -0.05) is 38.1 Å². The molecule has 0 unspecified atom stereocenters. The molecular formula is C23H24N4O3. The highest BCUT2D eigenvalue weighted by Crippen LogP contribution is 2.27. The van der Waals surface area contributed by atoms with E-state index in [1.807, 2.05) is 49.6 Å². The summed E-state index contributed by atoms with van der Waals surface area (Å²) in [6.07, 6.45) is 0. The molecule has 7 nitrogen and oxygen atoms in total. The van der Waals surface area contributed by atoms with Crippen molar-refractivity contribution in [3.8, 4) is 0 Å². The maximum Gasteiger partial charge on any atom is 0.262 e. The summed E-state index contributed by atoms with van der Waals surface area (Å²) in [5.41, 5.74) is 2.61. The minimum absolute atomic E-state index is 0.219. The first-order valence-corrected chi connectivity index (χ1v) is 10.1. The van der Waals surface area contributed by atoms with Crippen LogP contribution in [0.2, 0.25) is 0 Å². The maximum atomic E-state index is 13.0. The number of imide groups is 1. The number of amides is 3. The molecule has 0 radical (unpaired) electrons. The molecule has 3 aromatic rings. The quantitative estimate of drug-likeness (QED) is 0.641. The first-order chi connectivity index (χ1) is 14.4. The van der Waals surface area contributed by atoms with Crippen LogP contribution < -0.4 is 5.32 Å². The summed E-state index contributed by atoms with van der Waals surface area (Å²) in [7, 11) is 0. The summed E-state index contributed by atoms with van der Waals surface area (Å²) in [4.78, 5) is 44.3. The maximum absolute atomic E-state index is 13.0. The number of imidazole rings is 1. The van der Waals surface area contributed by atoms with Gasteiger partial charge in [0.25, 0.3) is 11.8 Å². The standard InChI is InChI=1S/C23H24N4O3/c1-14(2)20(27-22(29)16-8-4-5-9-17(16)23(27)30)21(28)24-12-13-26-15(3)25-18-10-6-7-11-19(18)26/h4-11,14,20H,12-13H2,1-3H3,(H,24,28)/t20-/m0/s1. The third kappa shape index (κ3) is 3.26. The van der Waals surface area contributed by atoms with Crippen molar-refractivity contribution < 1.29 is 14.4 Å². The average Bonchev–Trinajstić information content (AvgIpc) is 3.17. The van der Waals surface area contributed by atoms with E-state index in [2.05, 4.69) is 10.3 Å². The number of nitrogens with zero attached hydrogens (tertiary/aromatic N) is 3. The SMILES string of the molecule is Cc1nc2ccccc2n1CCNC(=O)[C@H](C(C)C)N1C(=O)c2ccccc2C1=O. The van der Waals surface area contributed by atoms with Crippen LogP contribution in [0.1, 0.15) is 40.4 Å². The van der Waals surface area contributed by atoms with Crippen LogP contribution in [-0.4, -0.2) is 44.8 Å². The number of benzene rings is 2. The van der Waals surface area contributed by atoms with E-state index < -0.39 is 17.9 Å². The summed E-state index contributed by atoms with van der Waals surface area (Å²) < 4.78 is 2.04. The summed E-state index contributed by atoms with van der Waals surface area (Å²) in [6, 6.07) is 13.7. The minimum Gasteiger partial charge on any atom is -0.352 e. The van der Waals surface area contributed by atoms with E-state index in [4.69, 9.17) is 0 Å². The van der Waals surface area contributed by atoms with Crippen molar-refractivity contribution in [1.82, 2.24) is 19.8 Å². The zero-order valence-corrected chi connectivity index (χ0v) is 17.3. The highest BCUT2D eigenvalue weighted by Gasteiger charge is 2.43. The third-order valence-corrected chi connectivity index (χ3v) is 5.48. The van der Waals surface area contributed by atoms with Gasteiger partial charge in [0.15, 0.2) is 0 Å². The number of hydrogen-bond donors (Lipinski definition) is 1. The van der Waals surface area contributed by atoms with Crippen LogP contribution in [0, 0.1) is 12.8 Å². The zero-order chi connectivity index (χ0) is 21.4. The largest absolute Gasteiger partial charge is 0.352 e. The lowest BCUT2D eigenvalue weighted by molar-refractivity contribution is -0.126. The molecule has 1 atom stereocenters. The van der Waals surface area contributed by atoms with Crippen molar-refractivity contribution >= 4 is 28.8 Å². The van der Waals surface area contributed by atoms with Crippen LogP contribution in [0.15, 0.2) is 48.5 Å². The lowest BCUT2D eigenvalue weighted by atomic mass is 10.0. The Labute approximate surface area is 174 Å². The summed E-state index contributed by atoms with van der Waals surface area (Å²) in [6.45, 7) is 6.51. The molecule has 4 rings (SSSR count). The lowest BCUT2D eigenvalue weighted by Gasteiger charge is -2.28. The number of rotatable bonds is 6. The van der Waals surface area contributed by atoms with Gasteiger partial charge in [0.05, 0.1) is 22.2 Å². The Kier molecular flexibility index (Phi) is 5.11. The second kappa shape index (κ2) is 7.74. The minimum atomic E-state index is -0.863. The van der Waals surface area contributed by atoms with Crippen LogP contribution >= 0.6 is 0 Å². The van der Waals surface area contributed by atoms with Crippen LogP contribution in [0.3, 0.4) is 0 Å². The number of fused-ring (bicyclic) bond motifs is 2. The number of aryl methyl sites for hydroxylation is 1. The fourth-order valence-electron chi connectivity index (χ4n) is 4.05. The Morgan fingerprint density at radius 3 is 2.23 bits per heavy atom. The van der Waals surface area contributed by atoms with E-state index in [0.29, 0.717) is 24.2 Å². The Hall–Kier alpha value is -3.48. The first kappa shape index (κ1) is 19.8. The van der Waals surface area contributed by atoms with Gasteiger partial charge < -0.3 is 9.88 Å². The van der Waals surface area contributed by atoms with Crippen molar-refractivity contribution in [3.63, 3.8) is 0 Å². The van der Waals surface area contributed by atoms with Crippen LogP contribution in [0.25, 0.3) is 11.0 Å². The molecule has 0 saturated heterocycles. The van der Waals surface area contributed by atoms with Gasteiger partial charge in [0, 0.05) is 13.1 Å². The van der Waals surface area contributed by atoms with Crippen LogP contribution in [-0.2, 0) is 11.3 Å². The molecule has 1 aromatic heterocycles. The summed E-state index contributed by atoms with van der Waals surface area (Å²) >= 11 is 0. The number of hydrogen-bond acceptors (Lipinski definition) is 4. The molecule has 3 amide bonds. The smallest absolute Gasteiger partial charge is 0.262 e. The van der Waals surface area contributed by atoms with Crippen LogP contribution in [0.5, 0.6) is 0 Å². The summed E-state index contributed by atoms with van der Waals surface area (Å²) in [5, 5.41) is 2.91. The Morgan fingerprint density at radius 1 is 1.00 bits per heavy atom. The Morgan fingerprint density at radius 2 is 1.60 bits per heavy atom. The molecule has 1 N–H and O–H groups in total.